The van der Waals surface area contributed by atoms with Crippen molar-refractivity contribution < 1.29 is 0 Å². The fourth-order valence-electron chi connectivity index (χ4n) is 4.30. The van der Waals surface area contributed by atoms with E-state index in [0.717, 1.165) is 22.8 Å². The van der Waals surface area contributed by atoms with E-state index in [1.807, 2.05) is 5.51 Å². The van der Waals surface area contributed by atoms with Gasteiger partial charge < -0.3 is 5.43 Å². The molecule has 1 aromatic carbocycles. The molecule has 1 aliphatic heterocycles. The van der Waals surface area contributed by atoms with Gasteiger partial charge in [-0.1, -0.05) is 0 Å². The summed E-state index contributed by atoms with van der Waals surface area (Å²) in [5, 5.41) is 0. The first-order chi connectivity index (χ1) is 10.3. The number of hydrogen-bond acceptors (Lipinski definition) is 5. The zero-order valence-corrected chi connectivity index (χ0v) is 12.6. The largest absolute Gasteiger partial charge is 0.303 e. The van der Waals surface area contributed by atoms with Crippen LogP contribution in [-0.2, 0) is 0 Å². The lowest BCUT2D eigenvalue weighted by molar-refractivity contribution is 0.0506. The van der Waals surface area contributed by atoms with E-state index < -0.39 is 0 Å². The number of fused-ring (bicyclic) bond motifs is 3. The maximum absolute atomic E-state index is 5.10. The third kappa shape index (κ3) is 1.77. The van der Waals surface area contributed by atoms with Crippen molar-refractivity contribution in [3.8, 4) is 0 Å². The molecule has 2 aromatic rings. The number of nitrogens with one attached hydrogen (secondary N) is 2. The zero-order chi connectivity index (χ0) is 13.9. The van der Waals surface area contributed by atoms with E-state index in [1.54, 1.807) is 11.3 Å². The number of aromatic nitrogens is 1. The maximum Gasteiger partial charge on any atom is 0.144 e. The minimum absolute atomic E-state index is 0.0425. The fourth-order valence-corrected chi connectivity index (χ4v) is 5.02. The Kier molecular flexibility index (Phi) is 2.47. The number of thiazole rings is 1. The fraction of sp³-hybridized carbons (Fsp3) is 0.500. The van der Waals surface area contributed by atoms with Crippen LogP contribution in [0.3, 0.4) is 0 Å². The highest BCUT2D eigenvalue weighted by Crippen LogP contribution is 2.48. The second-order valence-electron chi connectivity index (χ2n) is 6.59. The average Bonchev–Trinajstić information content (AvgIpc) is 3.15. The summed E-state index contributed by atoms with van der Waals surface area (Å²) < 4.78 is 1.23. The predicted molar refractivity (Wildman–Crippen MR) is 85.2 cm³/mol. The molecule has 1 aromatic heterocycles. The van der Waals surface area contributed by atoms with E-state index >= 15 is 0 Å². The Bertz CT molecular complexity index is 729. The molecule has 0 radical (unpaired) electrons. The highest BCUT2D eigenvalue weighted by molar-refractivity contribution is 7.16. The van der Waals surface area contributed by atoms with Crippen LogP contribution in [0.25, 0.3) is 10.2 Å². The Morgan fingerprint density at radius 1 is 1.19 bits per heavy atom. The lowest BCUT2D eigenvalue weighted by Gasteiger charge is -2.47. The van der Waals surface area contributed by atoms with E-state index in [-0.39, 0.29) is 5.66 Å². The van der Waals surface area contributed by atoms with E-state index in [1.165, 1.54) is 36.8 Å². The SMILES string of the molecule is c1nc2ccc(C3=N[C@]4(CC5CCC4CC5)NN3)cc2s1. The van der Waals surface area contributed by atoms with Crippen molar-refractivity contribution in [3.63, 3.8) is 0 Å². The molecular weight excluding hydrogens is 280 g/mol. The van der Waals surface area contributed by atoms with E-state index in [4.69, 9.17) is 4.99 Å². The minimum atomic E-state index is -0.0425. The van der Waals surface area contributed by atoms with Gasteiger partial charge in [-0.05, 0) is 62.1 Å². The van der Waals surface area contributed by atoms with Crippen LogP contribution in [0.15, 0.2) is 28.7 Å². The molecule has 3 fully saturated rings. The number of amidine groups is 1. The molecule has 1 spiro atoms. The monoisotopic (exact) mass is 298 g/mol. The van der Waals surface area contributed by atoms with Gasteiger partial charge in [0.15, 0.2) is 0 Å². The molecule has 0 saturated heterocycles. The summed E-state index contributed by atoms with van der Waals surface area (Å²) in [6, 6.07) is 6.40. The molecule has 4 nitrogen and oxygen atoms in total. The predicted octanol–water partition coefficient (Wildman–Crippen LogP) is 3.06. The first-order valence-electron chi connectivity index (χ1n) is 7.79. The van der Waals surface area contributed by atoms with Crippen molar-refractivity contribution in [3.05, 3.63) is 29.3 Å². The molecule has 108 valence electrons. The van der Waals surface area contributed by atoms with E-state index in [2.05, 4.69) is 34.0 Å². The van der Waals surface area contributed by atoms with Crippen LogP contribution >= 0.6 is 11.3 Å². The van der Waals surface area contributed by atoms with Crippen LogP contribution in [0.5, 0.6) is 0 Å². The van der Waals surface area contributed by atoms with Crippen molar-refractivity contribution in [2.75, 3.05) is 0 Å². The molecule has 3 saturated carbocycles. The summed E-state index contributed by atoms with van der Waals surface area (Å²) >= 11 is 1.69. The third-order valence-corrected chi connectivity index (χ3v) is 6.23. The Morgan fingerprint density at radius 2 is 2.10 bits per heavy atom. The molecular formula is C16H18N4S. The smallest absolute Gasteiger partial charge is 0.144 e. The third-order valence-electron chi connectivity index (χ3n) is 5.44. The van der Waals surface area contributed by atoms with Crippen molar-refractivity contribution in [1.29, 1.82) is 0 Å². The Balaban J connectivity index is 1.53. The molecule has 5 heteroatoms. The van der Waals surface area contributed by atoms with Crippen molar-refractivity contribution in [1.82, 2.24) is 15.8 Å². The van der Waals surface area contributed by atoms with Crippen LogP contribution in [0.1, 0.15) is 37.7 Å². The second-order valence-corrected chi connectivity index (χ2v) is 7.48. The molecule has 0 amide bonds. The van der Waals surface area contributed by atoms with Crippen LogP contribution in [0.2, 0.25) is 0 Å². The van der Waals surface area contributed by atoms with Crippen molar-refractivity contribution >= 4 is 27.4 Å². The Morgan fingerprint density at radius 3 is 2.90 bits per heavy atom. The molecule has 1 atom stereocenters. The highest BCUT2D eigenvalue weighted by atomic mass is 32.1. The summed E-state index contributed by atoms with van der Waals surface area (Å²) in [4.78, 5) is 9.45. The second kappa shape index (κ2) is 4.27. The maximum atomic E-state index is 5.10. The molecule has 3 aliphatic carbocycles. The van der Waals surface area contributed by atoms with Crippen LogP contribution < -0.4 is 10.9 Å². The van der Waals surface area contributed by atoms with Gasteiger partial charge >= 0.3 is 0 Å². The standard InChI is InChI=1S/C16H18N4S/c1-4-12-5-2-10(1)8-16(12)18-15(19-20-16)11-3-6-13-14(7-11)21-9-17-13/h3,6-7,9-10,12,20H,1-2,4-5,8H2,(H,18,19)/t10?,12?,16-/m1/s1. The first kappa shape index (κ1) is 12.1. The quantitative estimate of drug-likeness (QED) is 0.850. The van der Waals surface area contributed by atoms with Gasteiger partial charge in [0.2, 0.25) is 0 Å². The van der Waals surface area contributed by atoms with Gasteiger partial charge in [0.05, 0.1) is 15.7 Å². The molecule has 21 heavy (non-hydrogen) atoms. The molecule has 6 rings (SSSR count). The van der Waals surface area contributed by atoms with Crippen LogP contribution in [0, 0.1) is 11.8 Å². The summed E-state index contributed by atoms with van der Waals surface area (Å²) in [5.74, 6) is 2.55. The Labute approximate surface area is 127 Å². The first-order valence-corrected chi connectivity index (χ1v) is 8.67. The minimum Gasteiger partial charge on any atom is -0.303 e. The number of nitrogens with zero attached hydrogens (tertiary/aromatic N) is 2. The summed E-state index contributed by atoms with van der Waals surface area (Å²) in [6.45, 7) is 0. The molecule has 2 bridgehead atoms. The number of hydrogen-bond donors (Lipinski definition) is 2. The van der Waals surface area contributed by atoms with E-state index in [0.29, 0.717) is 5.92 Å². The van der Waals surface area contributed by atoms with Gasteiger partial charge in [-0.15, -0.1) is 11.3 Å². The number of hydrazine groups is 1. The van der Waals surface area contributed by atoms with Crippen molar-refractivity contribution in [2.24, 2.45) is 16.8 Å². The summed E-state index contributed by atoms with van der Waals surface area (Å²) in [6.07, 6.45) is 6.63. The lowest BCUT2D eigenvalue weighted by Crippen LogP contribution is -2.56. The van der Waals surface area contributed by atoms with Gasteiger partial charge in [-0.2, -0.15) is 0 Å². The van der Waals surface area contributed by atoms with Crippen LogP contribution in [0.4, 0.5) is 0 Å². The summed E-state index contributed by atoms with van der Waals surface area (Å²) in [7, 11) is 0. The lowest BCUT2D eigenvalue weighted by atomic mass is 9.65. The highest BCUT2D eigenvalue weighted by Gasteiger charge is 2.49. The van der Waals surface area contributed by atoms with Gasteiger partial charge in [0.1, 0.15) is 11.5 Å². The number of aliphatic imine (C=N–C) groups is 1. The molecule has 4 aliphatic rings. The molecule has 2 N–H and O–H groups in total. The molecule has 0 unspecified atom stereocenters. The van der Waals surface area contributed by atoms with Gasteiger partial charge in [0.25, 0.3) is 0 Å². The summed E-state index contributed by atoms with van der Waals surface area (Å²) in [5.41, 5.74) is 11.0. The van der Waals surface area contributed by atoms with Gasteiger partial charge in [0, 0.05) is 5.56 Å². The number of rotatable bonds is 1. The van der Waals surface area contributed by atoms with Crippen molar-refractivity contribution in [2.45, 2.75) is 37.8 Å². The normalized spacial score (nSPS) is 34.4. The molecule has 2 heterocycles. The zero-order valence-electron chi connectivity index (χ0n) is 11.8. The van der Waals surface area contributed by atoms with Gasteiger partial charge in [-0.25, -0.2) is 15.4 Å². The number of benzene rings is 1. The Hall–Kier alpha value is -1.46. The average molecular weight is 298 g/mol. The van der Waals surface area contributed by atoms with Crippen LogP contribution in [-0.4, -0.2) is 16.5 Å². The van der Waals surface area contributed by atoms with E-state index in [9.17, 15) is 0 Å². The topological polar surface area (TPSA) is 49.3 Å². The van der Waals surface area contributed by atoms with Gasteiger partial charge in [-0.3, -0.25) is 0 Å².